The van der Waals surface area contributed by atoms with Gasteiger partial charge in [0.25, 0.3) is 5.69 Å². The maximum absolute atomic E-state index is 13.3. The predicted molar refractivity (Wildman–Crippen MR) is 79.9 cm³/mol. The van der Waals surface area contributed by atoms with Crippen molar-refractivity contribution in [1.82, 2.24) is 0 Å². The summed E-state index contributed by atoms with van der Waals surface area (Å²) in [6, 6.07) is 7.78. The number of rotatable bonds is 4. The number of ether oxygens (including phenoxy) is 1. The molecule has 0 aliphatic carbocycles. The average Bonchev–Trinajstić information content (AvgIpc) is 2.40. The van der Waals surface area contributed by atoms with E-state index in [1.165, 1.54) is 30.3 Å². The van der Waals surface area contributed by atoms with Crippen LogP contribution < -0.4 is 10.5 Å². The molecule has 0 amide bonds. The third-order valence-corrected chi connectivity index (χ3v) is 3.21. The molecule has 1 atom stereocenters. The molecule has 5 nitrogen and oxygen atoms in total. The Morgan fingerprint density at radius 2 is 2.05 bits per heavy atom. The smallest absolute Gasteiger partial charge is 0.274 e. The van der Waals surface area contributed by atoms with E-state index in [-0.39, 0.29) is 11.4 Å². The summed E-state index contributed by atoms with van der Waals surface area (Å²) >= 11 is 3.18. The number of hydrogen-bond acceptors (Lipinski definition) is 4. The quantitative estimate of drug-likeness (QED) is 0.655. The van der Waals surface area contributed by atoms with Crippen LogP contribution >= 0.6 is 15.9 Å². The summed E-state index contributed by atoms with van der Waals surface area (Å²) < 4.78 is 19.4. The van der Waals surface area contributed by atoms with Gasteiger partial charge in [-0.1, -0.05) is 15.9 Å². The largest absolute Gasteiger partial charge is 0.457 e. The highest BCUT2D eigenvalue weighted by Crippen LogP contribution is 2.33. The minimum absolute atomic E-state index is 0.108. The zero-order valence-corrected chi connectivity index (χ0v) is 12.6. The lowest BCUT2D eigenvalue weighted by atomic mass is 10.1. The zero-order chi connectivity index (χ0) is 15.6. The molecule has 2 N–H and O–H groups in total. The van der Waals surface area contributed by atoms with Crippen LogP contribution in [0.3, 0.4) is 0 Å². The highest BCUT2D eigenvalue weighted by Gasteiger charge is 2.14. The Morgan fingerprint density at radius 3 is 2.67 bits per heavy atom. The van der Waals surface area contributed by atoms with Gasteiger partial charge in [0.2, 0.25) is 0 Å². The van der Waals surface area contributed by atoms with Crippen LogP contribution in [0, 0.1) is 15.9 Å². The Bertz CT molecular complexity index is 692. The first-order chi connectivity index (χ1) is 9.86. The summed E-state index contributed by atoms with van der Waals surface area (Å²) in [5, 5.41) is 10.8. The Kier molecular flexibility index (Phi) is 4.54. The molecule has 2 aromatic carbocycles. The molecule has 0 aromatic heterocycles. The van der Waals surface area contributed by atoms with Crippen LogP contribution in [0.25, 0.3) is 0 Å². The molecule has 0 unspecified atom stereocenters. The summed E-state index contributed by atoms with van der Waals surface area (Å²) in [4.78, 5) is 10.3. The third kappa shape index (κ3) is 3.77. The van der Waals surface area contributed by atoms with Crippen LogP contribution in [-0.2, 0) is 0 Å². The van der Waals surface area contributed by atoms with Gasteiger partial charge in [0.1, 0.15) is 17.3 Å². The number of halogens is 2. The van der Waals surface area contributed by atoms with Crippen molar-refractivity contribution in [3.8, 4) is 11.5 Å². The van der Waals surface area contributed by atoms with Gasteiger partial charge in [0, 0.05) is 22.1 Å². The van der Waals surface area contributed by atoms with Crippen molar-refractivity contribution in [2.75, 3.05) is 0 Å². The first-order valence-electron chi connectivity index (χ1n) is 6.04. The SMILES string of the molecule is C[C@H](N)c1cc(F)ccc1Oc1cc(Br)cc([N+](=O)[O-])c1. The lowest BCUT2D eigenvalue weighted by Gasteiger charge is -2.14. The minimum atomic E-state index is -0.519. The van der Waals surface area contributed by atoms with Gasteiger partial charge in [0.05, 0.1) is 11.0 Å². The van der Waals surface area contributed by atoms with Crippen LogP contribution in [0.15, 0.2) is 40.9 Å². The summed E-state index contributed by atoms with van der Waals surface area (Å²) in [5.41, 5.74) is 6.16. The van der Waals surface area contributed by atoms with Gasteiger partial charge >= 0.3 is 0 Å². The van der Waals surface area contributed by atoms with Gasteiger partial charge in [0.15, 0.2) is 0 Å². The van der Waals surface area contributed by atoms with Gasteiger partial charge < -0.3 is 10.5 Å². The molecule has 0 heterocycles. The number of nitrogens with zero attached hydrogens (tertiary/aromatic N) is 1. The van der Waals surface area contributed by atoms with Crippen LogP contribution in [0.2, 0.25) is 0 Å². The molecule has 0 saturated heterocycles. The second-order valence-electron chi connectivity index (χ2n) is 4.48. The predicted octanol–water partition coefficient (Wildman–Crippen LogP) is 4.31. The van der Waals surface area contributed by atoms with Crippen LogP contribution in [0.4, 0.5) is 10.1 Å². The lowest BCUT2D eigenvalue weighted by Crippen LogP contribution is -2.07. The monoisotopic (exact) mass is 354 g/mol. The molecule has 0 spiro atoms. The number of nitro benzene ring substituents is 1. The molecule has 0 bridgehead atoms. The highest BCUT2D eigenvalue weighted by molar-refractivity contribution is 9.10. The fraction of sp³-hybridized carbons (Fsp3) is 0.143. The van der Waals surface area contributed by atoms with E-state index in [0.29, 0.717) is 15.8 Å². The first kappa shape index (κ1) is 15.4. The molecule has 2 aromatic rings. The molecule has 21 heavy (non-hydrogen) atoms. The van der Waals surface area contributed by atoms with Crippen LogP contribution in [-0.4, -0.2) is 4.92 Å². The molecular weight excluding hydrogens is 343 g/mol. The molecule has 0 aliphatic heterocycles. The zero-order valence-electron chi connectivity index (χ0n) is 11.0. The number of hydrogen-bond donors (Lipinski definition) is 1. The second kappa shape index (κ2) is 6.19. The number of nitro groups is 1. The third-order valence-electron chi connectivity index (χ3n) is 2.76. The van der Waals surface area contributed by atoms with E-state index >= 15 is 0 Å². The maximum atomic E-state index is 13.3. The van der Waals surface area contributed by atoms with Crippen molar-refractivity contribution in [2.45, 2.75) is 13.0 Å². The average molecular weight is 355 g/mol. The van der Waals surface area contributed by atoms with Gasteiger partial charge in [-0.25, -0.2) is 4.39 Å². The van der Waals surface area contributed by atoms with Crippen molar-refractivity contribution in [1.29, 1.82) is 0 Å². The van der Waals surface area contributed by atoms with Crippen LogP contribution in [0.5, 0.6) is 11.5 Å². The van der Waals surface area contributed by atoms with Gasteiger partial charge in [-0.05, 0) is 31.2 Å². The molecule has 0 radical (unpaired) electrons. The first-order valence-corrected chi connectivity index (χ1v) is 6.84. The van der Waals surface area contributed by atoms with E-state index in [9.17, 15) is 14.5 Å². The fourth-order valence-electron chi connectivity index (χ4n) is 1.81. The molecule has 0 saturated carbocycles. The van der Waals surface area contributed by atoms with Crippen molar-refractivity contribution >= 4 is 21.6 Å². The number of nitrogens with two attached hydrogens (primary N) is 1. The standard InChI is InChI=1S/C14H12BrFN2O3/c1-8(17)13-6-10(16)2-3-14(13)21-12-5-9(15)4-11(7-12)18(19)20/h2-8H,17H2,1H3/t8-/m0/s1. The van der Waals surface area contributed by atoms with E-state index in [1.807, 2.05) is 0 Å². The molecule has 110 valence electrons. The molecule has 2 rings (SSSR count). The summed E-state index contributed by atoms with van der Waals surface area (Å²) in [6.07, 6.45) is 0. The van der Waals surface area contributed by atoms with Crippen molar-refractivity contribution < 1.29 is 14.1 Å². The van der Waals surface area contributed by atoms with Crippen molar-refractivity contribution in [2.24, 2.45) is 5.73 Å². The summed E-state index contributed by atoms with van der Waals surface area (Å²) in [6.45, 7) is 1.70. The molecule has 0 fully saturated rings. The van der Waals surface area contributed by atoms with E-state index < -0.39 is 16.8 Å². The maximum Gasteiger partial charge on any atom is 0.274 e. The lowest BCUT2D eigenvalue weighted by molar-refractivity contribution is -0.385. The minimum Gasteiger partial charge on any atom is -0.457 e. The normalized spacial score (nSPS) is 12.0. The Balaban J connectivity index is 2.40. The molecular formula is C14H12BrFN2O3. The van der Waals surface area contributed by atoms with Crippen LogP contribution in [0.1, 0.15) is 18.5 Å². The second-order valence-corrected chi connectivity index (χ2v) is 5.39. The Morgan fingerprint density at radius 1 is 1.33 bits per heavy atom. The van der Waals surface area contributed by atoms with E-state index in [0.717, 1.165) is 0 Å². The molecule has 0 aliphatic rings. The van der Waals surface area contributed by atoms with Gasteiger partial charge in [-0.3, -0.25) is 10.1 Å². The van der Waals surface area contributed by atoms with E-state index in [4.69, 9.17) is 10.5 Å². The summed E-state index contributed by atoms with van der Waals surface area (Å²) in [7, 11) is 0. The Labute approximate surface area is 128 Å². The van der Waals surface area contributed by atoms with E-state index in [1.54, 1.807) is 13.0 Å². The number of benzene rings is 2. The fourth-order valence-corrected chi connectivity index (χ4v) is 2.27. The Hall–Kier alpha value is -1.99. The summed E-state index contributed by atoms with van der Waals surface area (Å²) in [5.74, 6) is 0.207. The molecule has 7 heteroatoms. The van der Waals surface area contributed by atoms with Gasteiger partial charge in [-0.2, -0.15) is 0 Å². The van der Waals surface area contributed by atoms with Gasteiger partial charge in [-0.15, -0.1) is 0 Å². The van der Waals surface area contributed by atoms with Crippen molar-refractivity contribution in [3.05, 3.63) is 62.4 Å². The number of non-ortho nitro benzene ring substituents is 1. The van der Waals surface area contributed by atoms with E-state index in [2.05, 4.69) is 15.9 Å². The highest BCUT2D eigenvalue weighted by atomic mass is 79.9. The van der Waals surface area contributed by atoms with Crippen molar-refractivity contribution in [3.63, 3.8) is 0 Å². The topological polar surface area (TPSA) is 78.4 Å².